The van der Waals surface area contributed by atoms with E-state index in [2.05, 4.69) is 36.3 Å². The maximum atomic E-state index is 12.9. The molecule has 1 aromatic heterocycles. The predicted octanol–water partition coefficient (Wildman–Crippen LogP) is 4.73. The average molecular weight is 420 g/mol. The van der Waals surface area contributed by atoms with Crippen molar-refractivity contribution in [2.45, 2.75) is 30.2 Å². The summed E-state index contributed by atoms with van der Waals surface area (Å²) in [7, 11) is 3.47. The number of aryl methyl sites for hydroxylation is 2. The molecule has 5 nitrogen and oxygen atoms in total. The van der Waals surface area contributed by atoms with Gasteiger partial charge in [0.15, 0.2) is 0 Å². The van der Waals surface area contributed by atoms with Crippen molar-refractivity contribution in [1.82, 2.24) is 9.88 Å². The summed E-state index contributed by atoms with van der Waals surface area (Å²) in [5.41, 5.74) is 4.53. The number of rotatable bonds is 6. The summed E-state index contributed by atoms with van der Waals surface area (Å²) in [4.78, 5) is 31.7. The number of nitrogens with one attached hydrogen (secondary N) is 1. The largest absolute Gasteiger partial charge is 0.349 e. The summed E-state index contributed by atoms with van der Waals surface area (Å²) in [6, 6.07) is 17.1. The molecule has 0 bridgehead atoms. The van der Waals surface area contributed by atoms with Crippen molar-refractivity contribution in [2.24, 2.45) is 0 Å². The van der Waals surface area contributed by atoms with E-state index < -0.39 is 0 Å². The number of hydrogen-bond acceptors (Lipinski definition) is 4. The van der Waals surface area contributed by atoms with E-state index in [1.807, 2.05) is 30.3 Å². The second-order valence-corrected chi connectivity index (χ2v) is 8.38. The molecule has 1 heterocycles. The molecule has 0 atom stereocenters. The Hall–Kier alpha value is -3.12. The van der Waals surface area contributed by atoms with Crippen LogP contribution < -0.4 is 5.32 Å². The maximum Gasteiger partial charge on any atom is 0.258 e. The van der Waals surface area contributed by atoms with Crippen LogP contribution in [0, 0.1) is 13.8 Å². The number of nitrogens with zero attached hydrogens (tertiary/aromatic N) is 2. The number of hydrogen-bond donors (Lipinski definition) is 1. The van der Waals surface area contributed by atoms with E-state index in [4.69, 9.17) is 0 Å². The Labute approximate surface area is 181 Å². The van der Waals surface area contributed by atoms with Crippen LogP contribution in [-0.2, 0) is 11.2 Å². The van der Waals surface area contributed by atoms with Crippen molar-refractivity contribution >= 4 is 29.3 Å². The van der Waals surface area contributed by atoms with E-state index in [0.29, 0.717) is 22.7 Å². The Morgan fingerprint density at radius 3 is 2.40 bits per heavy atom. The summed E-state index contributed by atoms with van der Waals surface area (Å²) in [5.74, 6) is -0.179. The molecule has 2 aromatic carbocycles. The number of likely N-dealkylation sites (N-methyl/N-ethyl adjacent to an activating group) is 1. The lowest BCUT2D eigenvalue weighted by atomic mass is 10.1. The third kappa shape index (κ3) is 5.48. The molecule has 0 fully saturated rings. The van der Waals surface area contributed by atoms with Gasteiger partial charge in [0, 0.05) is 30.9 Å². The van der Waals surface area contributed by atoms with Gasteiger partial charge in [0.25, 0.3) is 5.91 Å². The fraction of sp³-hybridized carbons (Fsp3) is 0.208. The van der Waals surface area contributed by atoms with E-state index >= 15 is 0 Å². The first-order valence-corrected chi connectivity index (χ1v) is 10.5. The summed E-state index contributed by atoms with van der Waals surface area (Å²) in [6.07, 6.45) is 2.03. The lowest BCUT2D eigenvalue weighted by Gasteiger charge is -2.12. The van der Waals surface area contributed by atoms with E-state index in [1.54, 1.807) is 37.3 Å². The highest BCUT2D eigenvalue weighted by atomic mass is 32.2. The first kappa shape index (κ1) is 21.6. The van der Waals surface area contributed by atoms with E-state index in [1.165, 1.54) is 22.9 Å². The standard InChI is InChI=1S/C24H25N3O2S/c1-16-7-12-20(14-17(16)2)30-24-21(6-5-13-25-24)23(29)26-19-10-8-18(9-11-19)15-22(28)27(3)4/h5-14H,15H2,1-4H3,(H,26,29). The van der Waals surface area contributed by atoms with Crippen LogP contribution in [0.5, 0.6) is 0 Å². The van der Waals surface area contributed by atoms with E-state index in [0.717, 1.165) is 10.5 Å². The summed E-state index contributed by atoms with van der Waals surface area (Å²) in [5, 5.41) is 3.58. The van der Waals surface area contributed by atoms with Gasteiger partial charge in [-0.15, -0.1) is 0 Å². The van der Waals surface area contributed by atoms with Crippen molar-refractivity contribution in [3.05, 3.63) is 83.0 Å². The van der Waals surface area contributed by atoms with Gasteiger partial charge >= 0.3 is 0 Å². The summed E-state index contributed by atoms with van der Waals surface area (Å²) in [6.45, 7) is 4.15. The van der Waals surface area contributed by atoms with Gasteiger partial charge in [0.2, 0.25) is 5.91 Å². The molecule has 1 N–H and O–H groups in total. The van der Waals surface area contributed by atoms with Gasteiger partial charge in [0.1, 0.15) is 5.03 Å². The molecular formula is C24H25N3O2S. The third-order valence-corrected chi connectivity index (χ3v) is 5.78. The molecule has 0 saturated carbocycles. The zero-order valence-corrected chi connectivity index (χ0v) is 18.4. The van der Waals surface area contributed by atoms with Gasteiger partial charge in [-0.3, -0.25) is 9.59 Å². The second kappa shape index (κ2) is 9.59. The zero-order valence-electron chi connectivity index (χ0n) is 17.6. The maximum absolute atomic E-state index is 12.9. The smallest absolute Gasteiger partial charge is 0.258 e. The Kier molecular flexibility index (Phi) is 6.90. The molecule has 0 unspecified atom stereocenters. The summed E-state index contributed by atoms with van der Waals surface area (Å²) >= 11 is 1.47. The lowest BCUT2D eigenvalue weighted by Crippen LogP contribution is -2.23. The highest BCUT2D eigenvalue weighted by molar-refractivity contribution is 7.99. The van der Waals surface area contributed by atoms with Crippen molar-refractivity contribution in [1.29, 1.82) is 0 Å². The fourth-order valence-corrected chi connectivity index (χ4v) is 3.75. The Balaban J connectivity index is 1.73. The zero-order chi connectivity index (χ0) is 21.7. The molecule has 0 spiro atoms. The molecule has 6 heteroatoms. The molecule has 0 aliphatic heterocycles. The van der Waals surface area contributed by atoms with Crippen LogP contribution in [0.1, 0.15) is 27.0 Å². The average Bonchev–Trinajstić information content (AvgIpc) is 2.72. The minimum Gasteiger partial charge on any atom is -0.349 e. The third-order valence-electron chi connectivity index (χ3n) is 4.77. The first-order chi connectivity index (χ1) is 14.3. The molecule has 0 aliphatic carbocycles. The summed E-state index contributed by atoms with van der Waals surface area (Å²) < 4.78 is 0. The number of benzene rings is 2. The van der Waals surface area contributed by atoms with Gasteiger partial charge in [0.05, 0.1) is 12.0 Å². The molecule has 0 aliphatic rings. The van der Waals surface area contributed by atoms with Crippen LogP contribution in [0.15, 0.2) is 70.7 Å². The number of pyridine rings is 1. The monoisotopic (exact) mass is 419 g/mol. The van der Waals surface area contributed by atoms with Gasteiger partial charge in [-0.05, 0) is 66.9 Å². The Bertz CT molecular complexity index is 1060. The quantitative estimate of drug-likeness (QED) is 0.627. The molecule has 2 amide bonds. The normalized spacial score (nSPS) is 10.5. The number of carbonyl (C=O) groups is 2. The van der Waals surface area contributed by atoms with Crippen molar-refractivity contribution in [2.75, 3.05) is 19.4 Å². The minimum absolute atomic E-state index is 0.0372. The van der Waals surface area contributed by atoms with E-state index in [-0.39, 0.29) is 11.8 Å². The van der Waals surface area contributed by atoms with Crippen LogP contribution in [0.3, 0.4) is 0 Å². The number of amides is 2. The van der Waals surface area contributed by atoms with Crippen LogP contribution in [0.4, 0.5) is 5.69 Å². The highest BCUT2D eigenvalue weighted by Gasteiger charge is 2.14. The number of carbonyl (C=O) groups excluding carboxylic acids is 2. The van der Waals surface area contributed by atoms with Gasteiger partial charge in [-0.2, -0.15) is 0 Å². The number of aromatic nitrogens is 1. The van der Waals surface area contributed by atoms with Crippen LogP contribution in [0.25, 0.3) is 0 Å². The highest BCUT2D eigenvalue weighted by Crippen LogP contribution is 2.30. The van der Waals surface area contributed by atoms with Gasteiger partial charge in [-0.1, -0.05) is 30.0 Å². The van der Waals surface area contributed by atoms with Crippen molar-refractivity contribution in [3.63, 3.8) is 0 Å². The Morgan fingerprint density at radius 1 is 1.00 bits per heavy atom. The fourth-order valence-electron chi connectivity index (χ4n) is 2.77. The number of anilines is 1. The first-order valence-electron chi connectivity index (χ1n) is 9.64. The molecule has 3 rings (SSSR count). The van der Waals surface area contributed by atoms with Crippen LogP contribution in [0.2, 0.25) is 0 Å². The predicted molar refractivity (Wildman–Crippen MR) is 121 cm³/mol. The van der Waals surface area contributed by atoms with Gasteiger partial charge in [-0.25, -0.2) is 4.98 Å². The molecule has 3 aromatic rings. The van der Waals surface area contributed by atoms with Crippen LogP contribution >= 0.6 is 11.8 Å². The molecule has 154 valence electrons. The van der Waals surface area contributed by atoms with E-state index in [9.17, 15) is 9.59 Å². The molecule has 30 heavy (non-hydrogen) atoms. The molecule has 0 saturated heterocycles. The van der Waals surface area contributed by atoms with Gasteiger partial charge < -0.3 is 10.2 Å². The minimum atomic E-state index is -0.216. The molecule has 0 radical (unpaired) electrons. The van der Waals surface area contributed by atoms with Crippen LogP contribution in [-0.4, -0.2) is 35.8 Å². The van der Waals surface area contributed by atoms with Crippen molar-refractivity contribution in [3.8, 4) is 0 Å². The lowest BCUT2D eigenvalue weighted by molar-refractivity contribution is -0.127. The molecular weight excluding hydrogens is 394 g/mol. The van der Waals surface area contributed by atoms with Crippen molar-refractivity contribution < 1.29 is 9.59 Å². The second-order valence-electron chi connectivity index (χ2n) is 7.32. The SMILES string of the molecule is Cc1ccc(Sc2ncccc2C(=O)Nc2ccc(CC(=O)N(C)C)cc2)cc1C. The topological polar surface area (TPSA) is 62.3 Å². The Morgan fingerprint density at radius 2 is 1.73 bits per heavy atom.